The van der Waals surface area contributed by atoms with Crippen LogP contribution in [0.1, 0.15) is 38.7 Å². The van der Waals surface area contributed by atoms with E-state index in [-0.39, 0.29) is 25.4 Å². The van der Waals surface area contributed by atoms with Crippen LogP contribution < -0.4 is 10.6 Å². The lowest BCUT2D eigenvalue weighted by Gasteiger charge is -2.23. The Bertz CT molecular complexity index is 685. The molecule has 0 aliphatic carbocycles. The van der Waals surface area contributed by atoms with Crippen LogP contribution in [0.2, 0.25) is 0 Å². The highest BCUT2D eigenvalue weighted by molar-refractivity contribution is 5.89. The topological polar surface area (TPSA) is 118 Å². The summed E-state index contributed by atoms with van der Waals surface area (Å²) in [5.74, 6) is -1.06. The number of nitrogens with zero attached hydrogens (tertiary/aromatic N) is 1. The molecule has 2 atom stereocenters. The fourth-order valence-electron chi connectivity index (χ4n) is 2.48. The number of ether oxygens (including phenoxy) is 2. The van der Waals surface area contributed by atoms with Crippen molar-refractivity contribution >= 4 is 18.0 Å². The number of esters is 1. The number of benzene rings is 1. The number of nitriles is 1. The Labute approximate surface area is 165 Å². The molecular weight excluding hydrogens is 362 g/mol. The minimum atomic E-state index is -0.950. The van der Waals surface area contributed by atoms with Gasteiger partial charge in [0.05, 0.1) is 13.2 Å². The third-order valence-corrected chi connectivity index (χ3v) is 3.88. The molecule has 0 spiro atoms. The molecule has 0 saturated carbocycles. The third kappa shape index (κ3) is 8.54. The molecular formula is C20H27N3O5. The van der Waals surface area contributed by atoms with Crippen LogP contribution >= 0.6 is 0 Å². The fourth-order valence-corrected chi connectivity index (χ4v) is 2.48. The van der Waals surface area contributed by atoms with Gasteiger partial charge in [-0.05, 0) is 24.3 Å². The predicted molar refractivity (Wildman–Crippen MR) is 102 cm³/mol. The Balaban J connectivity index is 2.70. The van der Waals surface area contributed by atoms with E-state index in [0.29, 0.717) is 6.42 Å². The second kappa shape index (κ2) is 12.3. The quantitative estimate of drug-likeness (QED) is 0.593. The van der Waals surface area contributed by atoms with E-state index in [4.69, 9.17) is 10.00 Å². The Morgan fingerprint density at radius 3 is 2.36 bits per heavy atom. The average molecular weight is 389 g/mol. The first-order valence-electron chi connectivity index (χ1n) is 9.09. The van der Waals surface area contributed by atoms with Crippen LogP contribution in [0, 0.1) is 17.2 Å². The van der Waals surface area contributed by atoms with E-state index >= 15 is 0 Å². The van der Waals surface area contributed by atoms with Gasteiger partial charge in [0.2, 0.25) is 5.91 Å². The van der Waals surface area contributed by atoms with Crippen LogP contribution in [-0.4, -0.2) is 37.2 Å². The number of carbonyl (C=O) groups excluding carboxylic acids is 3. The van der Waals surface area contributed by atoms with E-state index < -0.39 is 30.1 Å². The van der Waals surface area contributed by atoms with Crippen molar-refractivity contribution < 1.29 is 23.9 Å². The molecule has 0 aliphatic heterocycles. The first kappa shape index (κ1) is 23.0. The zero-order valence-electron chi connectivity index (χ0n) is 16.4. The summed E-state index contributed by atoms with van der Waals surface area (Å²) >= 11 is 0. The molecule has 0 aromatic heterocycles. The second-order valence-corrected chi connectivity index (χ2v) is 6.67. The lowest BCUT2D eigenvalue weighted by atomic mass is 10.0. The molecule has 1 rings (SSSR count). The van der Waals surface area contributed by atoms with Gasteiger partial charge in [-0.3, -0.25) is 4.79 Å². The van der Waals surface area contributed by atoms with Gasteiger partial charge in [0.1, 0.15) is 18.7 Å². The van der Waals surface area contributed by atoms with Crippen molar-refractivity contribution in [3.8, 4) is 6.07 Å². The number of hydrogen-bond acceptors (Lipinski definition) is 6. The highest BCUT2D eigenvalue weighted by atomic mass is 16.5. The molecule has 0 bridgehead atoms. The van der Waals surface area contributed by atoms with Gasteiger partial charge in [-0.1, -0.05) is 44.2 Å². The van der Waals surface area contributed by atoms with Gasteiger partial charge in [0.15, 0.2) is 0 Å². The van der Waals surface area contributed by atoms with Gasteiger partial charge in [0.25, 0.3) is 0 Å². The smallest absolute Gasteiger partial charge is 0.408 e. The van der Waals surface area contributed by atoms with Crippen LogP contribution in [-0.2, 0) is 25.7 Å². The van der Waals surface area contributed by atoms with Crippen LogP contribution in [0.25, 0.3) is 0 Å². The number of nitrogens with one attached hydrogen (secondary N) is 2. The van der Waals surface area contributed by atoms with Crippen molar-refractivity contribution in [2.75, 3.05) is 7.11 Å². The number of rotatable bonds is 10. The van der Waals surface area contributed by atoms with E-state index in [1.807, 2.05) is 50.2 Å². The van der Waals surface area contributed by atoms with Crippen molar-refractivity contribution in [3.63, 3.8) is 0 Å². The summed E-state index contributed by atoms with van der Waals surface area (Å²) in [5, 5.41) is 13.8. The zero-order valence-corrected chi connectivity index (χ0v) is 16.4. The fraction of sp³-hybridized carbons (Fsp3) is 0.500. The molecule has 2 N–H and O–H groups in total. The monoisotopic (exact) mass is 389 g/mol. The molecule has 2 amide bonds. The summed E-state index contributed by atoms with van der Waals surface area (Å²) in [6, 6.07) is 9.27. The lowest BCUT2D eigenvalue weighted by molar-refractivity contribution is -0.145. The summed E-state index contributed by atoms with van der Waals surface area (Å²) in [4.78, 5) is 36.5. The molecule has 0 fully saturated rings. The molecule has 8 heteroatoms. The number of alkyl carbamates (subject to hydrolysis) is 1. The average Bonchev–Trinajstić information content (AvgIpc) is 2.68. The predicted octanol–water partition coefficient (Wildman–Crippen LogP) is 2.29. The summed E-state index contributed by atoms with van der Waals surface area (Å²) in [5.41, 5.74) is 0.824. The molecule has 0 heterocycles. The van der Waals surface area contributed by atoms with E-state index in [9.17, 15) is 14.4 Å². The third-order valence-electron chi connectivity index (χ3n) is 3.88. The lowest BCUT2D eigenvalue weighted by Crippen LogP contribution is -2.52. The van der Waals surface area contributed by atoms with E-state index in [0.717, 1.165) is 5.56 Å². The van der Waals surface area contributed by atoms with Gasteiger partial charge < -0.3 is 20.1 Å². The summed E-state index contributed by atoms with van der Waals surface area (Å²) in [6.45, 7) is 3.89. The first-order chi connectivity index (χ1) is 13.4. The van der Waals surface area contributed by atoms with Crippen molar-refractivity contribution in [2.45, 2.75) is 51.8 Å². The molecule has 0 unspecified atom stereocenters. The van der Waals surface area contributed by atoms with Crippen LogP contribution in [0.4, 0.5) is 4.79 Å². The molecule has 0 aliphatic rings. The Hall–Kier alpha value is -3.08. The van der Waals surface area contributed by atoms with Crippen molar-refractivity contribution in [2.24, 2.45) is 5.92 Å². The highest BCUT2D eigenvalue weighted by Gasteiger charge is 2.28. The van der Waals surface area contributed by atoms with E-state index in [1.54, 1.807) is 0 Å². The van der Waals surface area contributed by atoms with Crippen LogP contribution in [0.5, 0.6) is 0 Å². The van der Waals surface area contributed by atoms with Gasteiger partial charge in [0, 0.05) is 6.42 Å². The Morgan fingerprint density at radius 2 is 1.79 bits per heavy atom. The van der Waals surface area contributed by atoms with Crippen molar-refractivity contribution in [1.29, 1.82) is 5.26 Å². The number of carbonyl (C=O) groups is 3. The van der Waals surface area contributed by atoms with Gasteiger partial charge in [-0.15, -0.1) is 0 Å². The van der Waals surface area contributed by atoms with Gasteiger partial charge in [-0.2, -0.15) is 5.26 Å². The zero-order chi connectivity index (χ0) is 20.9. The largest absolute Gasteiger partial charge is 0.467 e. The Morgan fingerprint density at radius 1 is 1.11 bits per heavy atom. The maximum absolute atomic E-state index is 12.6. The summed E-state index contributed by atoms with van der Waals surface area (Å²) in [7, 11) is 1.21. The van der Waals surface area contributed by atoms with E-state index in [2.05, 4.69) is 15.4 Å². The van der Waals surface area contributed by atoms with Crippen LogP contribution in [0.3, 0.4) is 0 Å². The van der Waals surface area contributed by atoms with E-state index in [1.165, 1.54) is 7.11 Å². The second-order valence-electron chi connectivity index (χ2n) is 6.67. The number of methoxy groups -OCH3 is 1. The molecule has 1 aromatic carbocycles. The maximum Gasteiger partial charge on any atom is 0.408 e. The SMILES string of the molecule is COC(=O)[C@@H](CCC#N)NC(=O)[C@H](CC(C)C)NC(=O)OCc1ccccc1. The molecule has 152 valence electrons. The number of hydrogen-bond donors (Lipinski definition) is 2. The minimum Gasteiger partial charge on any atom is -0.467 e. The van der Waals surface area contributed by atoms with Crippen molar-refractivity contribution in [3.05, 3.63) is 35.9 Å². The number of amides is 2. The molecule has 28 heavy (non-hydrogen) atoms. The van der Waals surface area contributed by atoms with Gasteiger partial charge in [-0.25, -0.2) is 9.59 Å². The standard InChI is InChI=1S/C20H27N3O5/c1-14(2)12-17(18(24)22-16(10-7-11-21)19(25)27-3)23-20(26)28-13-15-8-5-4-6-9-15/h4-6,8-9,14,16-17H,7,10,12-13H2,1-3H3,(H,22,24)(H,23,26)/t16-,17+/m1/s1. The van der Waals surface area contributed by atoms with Crippen LogP contribution in [0.15, 0.2) is 30.3 Å². The molecule has 0 radical (unpaired) electrons. The van der Waals surface area contributed by atoms with Crippen molar-refractivity contribution in [1.82, 2.24) is 10.6 Å². The normalized spacial score (nSPS) is 12.4. The summed E-state index contributed by atoms with van der Waals surface area (Å²) in [6.07, 6.45) is -0.155. The molecule has 8 nitrogen and oxygen atoms in total. The first-order valence-corrected chi connectivity index (χ1v) is 9.09. The highest BCUT2D eigenvalue weighted by Crippen LogP contribution is 2.08. The Kier molecular flexibility index (Phi) is 10.1. The maximum atomic E-state index is 12.6. The van der Waals surface area contributed by atoms with Gasteiger partial charge >= 0.3 is 12.1 Å². The minimum absolute atomic E-state index is 0.0790. The molecule has 0 saturated heterocycles. The summed E-state index contributed by atoms with van der Waals surface area (Å²) < 4.78 is 9.83. The molecule has 1 aromatic rings.